The Balaban J connectivity index is 1.70. The monoisotopic (exact) mass is 490 g/mol. The lowest BCUT2D eigenvalue weighted by Crippen LogP contribution is -2.30. The summed E-state index contributed by atoms with van der Waals surface area (Å²) >= 11 is 6.04. The quantitative estimate of drug-likeness (QED) is 0.305. The van der Waals surface area contributed by atoms with Crippen LogP contribution in [-0.4, -0.2) is 24.6 Å². The van der Waals surface area contributed by atoms with Crippen LogP contribution in [0.25, 0.3) is 11.0 Å². The van der Waals surface area contributed by atoms with Gasteiger partial charge in [0, 0.05) is 6.20 Å². The highest BCUT2D eigenvalue weighted by Gasteiger charge is 2.44. The molecule has 178 valence electrons. The highest BCUT2D eigenvalue weighted by molar-refractivity contribution is 6.30. The van der Waals surface area contributed by atoms with Crippen molar-refractivity contribution in [3.05, 3.63) is 92.9 Å². The van der Waals surface area contributed by atoms with Crippen LogP contribution in [0, 0.1) is 0 Å². The van der Waals surface area contributed by atoms with Crippen LogP contribution in [0.15, 0.2) is 70.0 Å². The van der Waals surface area contributed by atoms with E-state index in [2.05, 4.69) is 11.9 Å². The Kier molecular flexibility index (Phi) is 6.17. The molecule has 7 nitrogen and oxygen atoms in total. The number of pyridine rings is 1. The Labute approximate surface area is 206 Å². The zero-order valence-electron chi connectivity index (χ0n) is 19.3. The average Bonchev–Trinajstić information content (AvgIpc) is 3.17. The SMILES string of the molecule is CCCCOc1ccc([C@H]2c3c(oc4ccccc4c3=O)C(=O)N2c2ccc(Cl)cn2)cc1OC. The minimum absolute atomic E-state index is 0.00214. The molecule has 5 rings (SSSR count). The van der Waals surface area contributed by atoms with Gasteiger partial charge in [-0.25, -0.2) is 4.98 Å². The fourth-order valence-electron chi connectivity index (χ4n) is 4.28. The van der Waals surface area contributed by atoms with Gasteiger partial charge in [0.05, 0.1) is 35.7 Å². The van der Waals surface area contributed by atoms with Crippen LogP contribution in [0.3, 0.4) is 0 Å². The average molecular weight is 491 g/mol. The Morgan fingerprint density at radius 3 is 2.66 bits per heavy atom. The molecule has 1 amide bonds. The van der Waals surface area contributed by atoms with Gasteiger partial charge in [-0.15, -0.1) is 0 Å². The number of aromatic nitrogens is 1. The number of rotatable bonds is 7. The predicted molar refractivity (Wildman–Crippen MR) is 134 cm³/mol. The van der Waals surface area contributed by atoms with Gasteiger partial charge in [-0.3, -0.25) is 14.5 Å². The lowest BCUT2D eigenvalue weighted by atomic mass is 9.98. The van der Waals surface area contributed by atoms with Gasteiger partial charge in [0.25, 0.3) is 5.91 Å². The summed E-state index contributed by atoms with van der Waals surface area (Å²) in [6, 6.07) is 14.8. The zero-order chi connectivity index (χ0) is 24.5. The second-order valence-corrected chi connectivity index (χ2v) is 8.63. The Bertz CT molecular complexity index is 1470. The van der Waals surface area contributed by atoms with E-state index in [1.165, 1.54) is 11.1 Å². The van der Waals surface area contributed by atoms with Crippen molar-refractivity contribution in [3.63, 3.8) is 0 Å². The molecule has 3 heterocycles. The van der Waals surface area contributed by atoms with Gasteiger partial charge in [0.1, 0.15) is 11.4 Å². The smallest absolute Gasteiger partial charge is 0.296 e. The summed E-state index contributed by atoms with van der Waals surface area (Å²) in [5.41, 5.74) is 1.01. The maximum absolute atomic E-state index is 13.6. The summed E-state index contributed by atoms with van der Waals surface area (Å²) in [4.78, 5) is 33.1. The number of para-hydroxylation sites is 1. The van der Waals surface area contributed by atoms with Crippen molar-refractivity contribution in [2.75, 3.05) is 18.6 Å². The van der Waals surface area contributed by atoms with Crippen molar-refractivity contribution >= 4 is 34.3 Å². The number of methoxy groups -OCH3 is 1. The highest BCUT2D eigenvalue weighted by Crippen LogP contribution is 2.42. The third-order valence-electron chi connectivity index (χ3n) is 6.00. The first-order chi connectivity index (χ1) is 17.0. The van der Waals surface area contributed by atoms with E-state index in [-0.39, 0.29) is 16.8 Å². The normalized spacial score (nSPS) is 14.9. The molecular weight excluding hydrogens is 468 g/mol. The lowest BCUT2D eigenvalue weighted by Gasteiger charge is -2.25. The van der Waals surface area contributed by atoms with Crippen LogP contribution in [0.5, 0.6) is 11.5 Å². The van der Waals surface area contributed by atoms with Crippen molar-refractivity contribution in [1.29, 1.82) is 0 Å². The Morgan fingerprint density at radius 1 is 1.09 bits per heavy atom. The molecular formula is C27H23ClN2O5. The van der Waals surface area contributed by atoms with E-state index in [9.17, 15) is 9.59 Å². The summed E-state index contributed by atoms with van der Waals surface area (Å²) in [5, 5.41) is 0.839. The van der Waals surface area contributed by atoms with Gasteiger partial charge in [0.2, 0.25) is 5.76 Å². The molecule has 35 heavy (non-hydrogen) atoms. The summed E-state index contributed by atoms with van der Waals surface area (Å²) in [6.07, 6.45) is 3.38. The first kappa shape index (κ1) is 22.9. The van der Waals surface area contributed by atoms with E-state index in [1.807, 2.05) is 6.07 Å². The number of hydrogen-bond acceptors (Lipinski definition) is 6. The Hall–Kier alpha value is -3.84. The van der Waals surface area contributed by atoms with Crippen molar-refractivity contribution in [2.45, 2.75) is 25.8 Å². The Morgan fingerprint density at radius 2 is 1.91 bits per heavy atom. The lowest BCUT2D eigenvalue weighted by molar-refractivity contribution is 0.0970. The van der Waals surface area contributed by atoms with E-state index >= 15 is 0 Å². The topological polar surface area (TPSA) is 81.9 Å². The van der Waals surface area contributed by atoms with Crippen LogP contribution >= 0.6 is 11.6 Å². The van der Waals surface area contributed by atoms with E-state index in [0.29, 0.717) is 45.5 Å². The van der Waals surface area contributed by atoms with Crippen LogP contribution in [0.1, 0.15) is 47.5 Å². The summed E-state index contributed by atoms with van der Waals surface area (Å²) in [7, 11) is 1.56. The second-order valence-electron chi connectivity index (χ2n) is 8.19. The molecule has 1 atom stereocenters. The largest absolute Gasteiger partial charge is 0.493 e. The number of halogens is 1. The molecule has 1 aliphatic rings. The molecule has 0 saturated carbocycles. The minimum Gasteiger partial charge on any atom is -0.493 e. The van der Waals surface area contributed by atoms with Crippen molar-refractivity contribution in [1.82, 2.24) is 4.98 Å². The molecule has 0 saturated heterocycles. The zero-order valence-corrected chi connectivity index (χ0v) is 20.0. The summed E-state index contributed by atoms with van der Waals surface area (Å²) < 4.78 is 17.4. The number of carbonyl (C=O) groups excluding carboxylic acids is 1. The number of carbonyl (C=O) groups is 1. The molecule has 0 radical (unpaired) electrons. The molecule has 0 unspecified atom stereocenters. The first-order valence-corrected chi connectivity index (χ1v) is 11.7. The number of benzene rings is 2. The number of hydrogen-bond donors (Lipinski definition) is 0. The standard InChI is InChI=1S/C27H23ClN2O5/c1-3-4-13-34-20-11-9-16(14-21(20)33-2)24-23-25(31)18-7-5-6-8-19(18)35-26(23)27(32)30(24)22-12-10-17(28)15-29-22/h5-12,14-15,24H,3-4,13H2,1-2H3/t24-/m0/s1. The highest BCUT2D eigenvalue weighted by atomic mass is 35.5. The number of unbranched alkanes of at least 4 members (excludes halogenated alkanes) is 1. The molecule has 0 aliphatic carbocycles. The third-order valence-corrected chi connectivity index (χ3v) is 6.22. The predicted octanol–water partition coefficient (Wildman–Crippen LogP) is 5.78. The number of fused-ring (bicyclic) bond motifs is 2. The van der Waals surface area contributed by atoms with E-state index in [1.54, 1.807) is 55.6 Å². The summed E-state index contributed by atoms with van der Waals surface area (Å²) in [5.74, 6) is 0.994. The minimum atomic E-state index is -0.773. The van der Waals surface area contributed by atoms with Gasteiger partial charge in [-0.1, -0.05) is 43.1 Å². The maximum Gasteiger partial charge on any atom is 0.296 e. The van der Waals surface area contributed by atoms with Crippen molar-refractivity contribution < 1.29 is 18.7 Å². The van der Waals surface area contributed by atoms with Gasteiger partial charge < -0.3 is 13.9 Å². The van der Waals surface area contributed by atoms with E-state index in [4.69, 9.17) is 25.5 Å². The third kappa shape index (κ3) is 4.02. The van der Waals surface area contributed by atoms with E-state index < -0.39 is 11.9 Å². The van der Waals surface area contributed by atoms with E-state index in [0.717, 1.165) is 12.8 Å². The van der Waals surface area contributed by atoms with Gasteiger partial charge in [-0.2, -0.15) is 0 Å². The number of anilines is 1. The van der Waals surface area contributed by atoms with Crippen LogP contribution < -0.4 is 19.8 Å². The van der Waals surface area contributed by atoms with Gasteiger partial charge in [-0.05, 0) is 48.4 Å². The van der Waals surface area contributed by atoms with Crippen molar-refractivity contribution in [2.24, 2.45) is 0 Å². The van der Waals surface area contributed by atoms with Crippen LogP contribution in [0.2, 0.25) is 5.02 Å². The molecule has 2 aromatic carbocycles. The first-order valence-electron chi connectivity index (χ1n) is 11.3. The molecule has 0 spiro atoms. The molecule has 4 aromatic rings. The molecule has 2 aromatic heterocycles. The fourth-order valence-corrected chi connectivity index (χ4v) is 4.39. The number of nitrogens with zero attached hydrogens (tertiary/aromatic N) is 2. The number of amides is 1. The molecule has 0 bridgehead atoms. The molecule has 0 fully saturated rings. The van der Waals surface area contributed by atoms with Gasteiger partial charge >= 0.3 is 0 Å². The maximum atomic E-state index is 13.6. The summed E-state index contributed by atoms with van der Waals surface area (Å²) in [6.45, 7) is 2.65. The van der Waals surface area contributed by atoms with Crippen LogP contribution in [-0.2, 0) is 0 Å². The second kappa shape index (κ2) is 9.43. The number of ether oxygens (including phenoxy) is 2. The molecule has 1 aliphatic heterocycles. The molecule has 8 heteroatoms. The van der Waals surface area contributed by atoms with Gasteiger partial charge in [0.15, 0.2) is 16.9 Å². The van der Waals surface area contributed by atoms with Crippen molar-refractivity contribution in [3.8, 4) is 11.5 Å². The molecule has 0 N–H and O–H groups in total. The van der Waals surface area contributed by atoms with Crippen LogP contribution in [0.4, 0.5) is 5.82 Å². The fraction of sp³-hybridized carbons (Fsp3) is 0.222.